The lowest BCUT2D eigenvalue weighted by Gasteiger charge is -2.27. The number of benzene rings is 1. The van der Waals surface area contributed by atoms with Crippen LogP contribution in [0.15, 0.2) is 49.2 Å². The van der Waals surface area contributed by atoms with E-state index in [1.165, 1.54) is 5.56 Å². The zero-order valence-electron chi connectivity index (χ0n) is 17.2. The van der Waals surface area contributed by atoms with Crippen LogP contribution in [0.25, 0.3) is 0 Å². The maximum absolute atomic E-state index is 12.4. The fourth-order valence-corrected chi connectivity index (χ4v) is 4.00. The smallest absolute Gasteiger partial charge is 0.410 e. The topological polar surface area (TPSA) is 97.2 Å². The van der Waals surface area contributed by atoms with Crippen molar-refractivity contribution in [2.24, 2.45) is 0 Å². The summed E-state index contributed by atoms with van der Waals surface area (Å²) in [6.07, 6.45) is 9.33. The van der Waals surface area contributed by atoms with Gasteiger partial charge in [0.2, 0.25) is 5.95 Å². The van der Waals surface area contributed by atoms with E-state index in [9.17, 15) is 4.79 Å². The fourth-order valence-electron chi connectivity index (χ4n) is 4.00. The summed E-state index contributed by atoms with van der Waals surface area (Å²) in [5.41, 5.74) is 4.39. The molecule has 0 bridgehead atoms. The number of imidazole rings is 1. The van der Waals surface area contributed by atoms with Gasteiger partial charge in [0.05, 0.1) is 25.2 Å². The minimum Gasteiger partial charge on any atom is -0.449 e. The second-order valence-corrected chi connectivity index (χ2v) is 7.81. The molecule has 9 nitrogen and oxygen atoms in total. The number of nitrogens with one attached hydrogen (secondary N) is 2. The molecule has 1 aromatic carbocycles. The van der Waals surface area contributed by atoms with Crippen molar-refractivity contribution in [1.29, 1.82) is 0 Å². The van der Waals surface area contributed by atoms with E-state index in [0.29, 0.717) is 32.1 Å². The van der Waals surface area contributed by atoms with E-state index in [1.54, 1.807) is 17.4 Å². The predicted octanol–water partition coefficient (Wildman–Crippen LogP) is 2.66. The summed E-state index contributed by atoms with van der Waals surface area (Å²) in [4.78, 5) is 27.3. The van der Waals surface area contributed by atoms with Gasteiger partial charge in [0.15, 0.2) is 0 Å². The summed E-state index contributed by atoms with van der Waals surface area (Å²) in [6, 6.07) is 8.29. The number of aryl methyl sites for hydroxylation is 1. The number of fused-ring (bicyclic) bond motifs is 2. The van der Waals surface area contributed by atoms with Crippen LogP contribution in [0.3, 0.4) is 0 Å². The maximum atomic E-state index is 12.4. The van der Waals surface area contributed by atoms with E-state index < -0.39 is 0 Å². The molecule has 9 heteroatoms. The van der Waals surface area contributed by atoms with Gasteiger partial charge in [0.1, 0.15) is 6.17 Å². The number of nitrogens with zero attached hydrogens (tertiary/aromatic N) is 5. The van der Waals surface area contributed by atoms with Crippen LogP contribution in [-0.4, -0.2) is 49.8 Å². The van der Waals surface area contributed by atoms with Gasteiger partial charge in [-0.15, -0.1) is 0 Å². The fraction of sp³-hybridized carbons (Fsp3) is 0.364. The number of amides is 1. The van der Waals surface area contributed by atoms with Gasteiger partial charge in [-0.1, -0.05) is 18.2 Å². The molecule has 0 fully saturated rings. The zero-order valence-corrected chi connectivity index (χ0v) is 17.2. The standard InChI is InChI=1S/C22H25N7O2/c30-22(31-11-3-8-28-10-7-23-15-28)29-9-6-19-17(14-29)13-24-21(26-19)27-20-12-16-4-1-2-5-18(16)25-20/h1-2,4-5,7,10,13,15,20,25H,3,6,8-9,11-12,14H2,(H,24,26,27). The Bertz CT molecular complexity index is 1030. The first-order valence-corrected chi connectivity index (χ1v) is 10.6. The van der Waals surface area contributed by atoms with Gasteiger partial charge in [0, 0.05) is 55.8 Å². The molecule has 0 spiro atoms. The van der Waals surface area contributed by atoms with Crippen LogP contribution >= 0.6 is 0 Å². The van der Waals surface area contributed by atoms with Crippen LogP contribution < -0.4 is 10.6 Å². The zero-order chi connectivity index (χ0) is 21.0. The Hall–Kier alpha value is -3.62. The Kier molecular flexibility index (Phi) is 5.39. The molecule has 5 rings (SSSR count). The molecule has 4 heterocycles. The molecule has 2 N–H and O–H groups in total. The Morgan fingerprint density at radius 3 is 3.10 bits per heavy atom. The van der Waals surface area contributed by atoms with E-state index in [-0.39, 0.29) is 12.3 Å². The Morgan fingerprint density at radius 2 is 2.23 bits per heavy atom. The maximum Gasteiger partial charge on any atom is 0.410 e. The van der Waals surface area contributed by atoms with Crippen LogP contribution in [0.4, 0.5) is 16.4 Å². The third-order valence-electron chi connectivity index (χ3n) is 5.61. The highest BCUT2D eigenvalue weighted by molar-refractivity contribution is 5.68. The van der Waals surface area contributed by atoms with Crippen molar-refractivity contribution in [3.8, 4) is 0 Å². The van der Waals surface area contributed by atoms with Crippen LogP contribution in [0.1, 0.15) is 23.2 Å². The van der Waals surface area contributed by atoms with E-state index in [4.69, 9.17) is 4.74 Å². The Labute approximate surface area is 180 Å². The first-order valence-electron chi connectivity index (χ1n) is 10.6. The van der Waals surface area contributed by atoms with Gasteiger partial charge in [-0.25, -0.2) is 19.7 Å². The highest BCUT2D eigenvalue weighted by Gasteiger charge is 2.25. The van der Waals surface area contributed by atoms with Gasteiger partial charge in [0.25, 0.3) is 0 Å². The molecule has 160 valence electrons. The lowest BCUT2D eigenvalue weighted by Crippen LogP contribution is -2.37. The lowest BCUT2D eigenvalue weighted by atomic mass is 10.1. The van der Waals surface area contributed by atoms with Crippen molar-refractivity contribution in [2.45, 2.75) is 38.5 Å². The van der Waals surface area contributed by atoms with Crippen molar-refractivity contribution >= 4 is 17.7 Å². The number of carbonyl (C=O) groups excluding carboxylic acids is 1. The van der Waals surface area contributed by atoms with E-state index in [2.05, 4.69) is 43.8 Å². The van der Waals surface area contributed by atoms with Gasteiger partial charge < -0.3 is 24.8 Å². The van der Waals surface area contributed by atoms with Gasteiger partial charge in [-0.3, -0.25) is 0 Å². The van der Waals surface area contributed by atoms with E-state index in [1.807, 2.05) is 23.0 Å². The van der Waals surface area contributed by atoms with Crippen LogP contribution in [-0.2, 0) is 30.7 Å². The van der Waals surface area contributed by atoms with Crippen LogP contribution in [0.5, 0.6) is 0 Å². The van der Waals surface area contributed by atoms with Crippen molar-refractivity contribution < 1.29 is 9.53 Å². The summed E-state index contributed by atoms with van der Waals surface area (Å²) in [7, 11) is 0. The van der Waals surface area contributed by atoms with Gasteiger partial charge in [-0.05, 0) is 18.1 Å². The average molecular weight is 419 g/mol. The molecule has 2 aromatic heterocycles. The molecule has 0 radical (unpaired) electrons. The van der Waals surface area contributed by atoms with Crippen molar-refractivity contribution in [3.63, 3.8) is 0 Å². The predicted molar refractivity (Wildman–Crippen MR) is 116 cm³/mol. The highest BCUT2D eigenvalue weighted by atomic mass is 16.6. The monoisotopic (exact) mass is 419 g/mol. The molecule has 3 aromatic rings. The molecule has 0 saturated heterocycles. The van der Waals surface area contributed by atoms with Gasteiger partial charge in [-0.2, -0.15) is 0 Å². The van der Waals surface area contributed by atoms with E-state index >= 15 is 0 Å². The molecule has 2 aliphatic heterocycles. The SMILES string of the molecule is O=C(OCCCn1ccnc1)N1CCc2nc(NC3Cc4ccccc4N3)ncc2C1. The third-order valence-corrected chi connectivity index (χ3v) is 5.61. The molecule has 1 amide bonds. The lowest BCUT2D eigenvalue weighted by molar-refractivity contribution is 0.0954. The molecule has 31 heavy (non-hydrogen) atoms. The Morgan fingerprint density at radius 1 is 1.29 bits per heavy atom. The van der Waals surface area contributed by atoms with Gasteiger partial charge >= 0.3 is 6.09 Å². The number of rotatable bonds is 6. The van der Waals surface area contributed by atoms with Crippen LogP contribution in [0, 0.1) is 0 Å². The number of ether oxygens (including phenoxy) is 1. The number of hydrogen-bond donors (Lipinski definition) is 2. The minimum absolute atomic E-state index is 0.0767. The average Bonchev–Trinajstić information content (AvgIpc) is 3.45. The quantitative estimate of drug-likeness (QED) is 0.593. The molecular formula is C22H25N7O2. The Balaban J connectivity index is 1.12. The first-order chi connectivity index (χ1) is 15.2. The first kappa shape index (κ1) is 19.3. The summed E-state index contributed by atoms with van der Waals surface area (Å²) < 4.78 is 7.40. The van der Waals surface area contributed by atoms with E-state index in [0.717, 1.165) is 36.3 Å². The minimum atomic E-state index is -0.286. The summed E-state index contributed by atoms with van der Waals surface area (Å²) in [5.74, 6) is 0.611. The van der Waals surface area contributed by atoms with Crippen LogP contribution in [0.2, 0.25) is 0 Å². The summed E-state index contributed by atoms with van der Waals surface area (Å²) in [6.45, 7) is 2.23. The highest BCUT2D eigenvalue weighted by Crippen LogP contribution is 2.26. The normalized spacial score (nSPS) is 16.9. The number of aromatic nitrogens is 4. The third kappa shape index (κ3) is 4.45. The molecular weight excluding hydrogens is 394 g/mol. The number of hydrogen-bond acceptors (Lipinski definition) is 7. The molecule has 1 unspecified atom stereocenters. The largest absolute Gasteiger partial charge is 0.449 e. The summed E-state index contributed by atoms with van der Waals surface area (Å²) in [5, 5.41) is 6.83. The second-order valence-electron chi connectivity index (χ2n) is 7.81. The molecule has 1 atom stereocenters. The molecule has 2 aliphatic rings. The second kappa shape index (κ2) is 8.63. The summed E-state index contributed by atoms with van der Waals surface area (Å²) >= 11 is 0. The van der Waals surface area contributed by atoms with Crippen molar-refractivity contribution in [2.75, 3.05) is 23.8 Å². The van der Waals surface area contributed by atoms with Crippen molar-refractivity contribution in [1.82, 2.24) is 24.4 Å². The van der Waals surface area contributed by atoms with Crippen molar-refractivity contribution in [3.05, 3.63) is 66.0 Å². The number of para-hydroxylation sites is 1. The molecule has 0 aliphatic carbocycles. The molecule has 0 saturated carbocycles. The number of carbonyl (C=O) groups is 1. The number of anilines is 2.